The van der Waals surface area contributed by atoms with Crippen LogP contribution in [-0.2, 0) is 22.1 Å². The molecular formula is C10H15N3Na4O6P2. The van der Waals surface area contributed by atoms with Crippen LogP contribution >= 0.6 is 15.2 Å². The molecule has 0 amide bonds. The molecule has 0 bridgehead atoms. The first-order valence-electron chi connectivity index (χ1n) is 6.06. The number of aryl methyl sites for hydroxylation is 1. The van der Waals surface area contributed by atoms with Gasteiger partial charge in [-0.15, -0.1) is 5.10 Å². The Morgan fingerprint density at radius 3 is 2.00 bits per heavy atom. The molecule has 9 nitrogen and oxygen atoms in total. The first-order valence-corrected chi connectivity index (χ1v) is 9.28. The quantitative estimate of drug-likeness (QED) is 0.236. The van der Waals surface area contributed by atoms with Crippen molar-refractivity contribution in [3.05, 3.63) is 23.5 Å². The maximum Gasteiger partial charge on any atom is 1.00 e. The van der Waals surface area contributed by atoms with Crippen molar-refractivity contribution in [2.75, 3.05) is 0 Å². The van der Waals surface area contributed by atoms with E-state index in [0.717, 1.165) is 5.57 Å². The van der Waals surface area contributed by atoms with E-state index in [-0.39, 0.29) is 124 Å². The van der Waals surface area contributed by atoms with Gasteiger partial charge in [0.15, 0.2) is 0 Å². The van der Waals surface area contributed by atoms with E-state index in [1.165, 1.54) is 10.9 Å². The van der Waals surface area contributed by atoms with E-state index in [4.69, 9.17) is 0 Å². The number of allylic oxidation sites excluding steroid dienone is 2. The molecule has 1 aromatic heterocycles. The van der Waals surface area contributed by atoms with Crippen molar-refractivity contribution in [2.45, 2.75) is 38.6 Å². The molecule has 0 atom stereocenters. The molecule has 0 radical (unpaired) electrons. The number of aromatic nitrogens is 3. The van der Waals surface area contributed by atoms with Gasteiger partial charge in [-0.3, -0.25) is 4.68 Å². The van der Waals surface area contributed by atoms with Crippen LogP contribution in [0.1, 0.15) is 26.0 Å². The average Bonchev–Trinajstić information content (AvgIpc) is 2.70. The summed E-state index contributed by atoms with van der Waals surface area (Å²) < 4.78 is 23.1. The van der Waals surface area contributed by atoms with E-state index in [2.05, 4.69) is 10.3 Å². The fraction of sp³-hybridized carbons (Fsp3) is 0.600. The van der Waals surface area contributed by atoms with Gasteiger partial charge in [0.2, 0.25) is 0 Å². The Morgan fingerprint density at radius 2 is 1.60 bits per heavy atom. The van der Waals surface area contributed by atoms with Gasteiger partial charge in [0, 0.05) is 24.6 Å². The van der Waals surface area contributed by atoms with E-state index < -0.39 is 27.0 Å². The third-order valence-corrected chi connectivity index (χ3v) is 6.14. The van der Waals surface area contributed by atoms with Crippen LogP contribution in [0, 0.1) is 0 Å². The largest absolute Gasteiger partial charge is 1.00 e. The second kappa shape index (κ2) is 15.9. The van der Waals surface area contributed by atoms with Crippen LogP contribution in [0.4, 0.5) is 0 Å². The fourth-order valence-electron chi connectivity index (χ4n) is 1.61. The van der Waals surface area contributed by atoms with Crippen LogP contribution in [0.15, 0.2) is 17.8 Å². The van der Waals surface area contributed by atoms with Crippen LogP contribution < -0.4 is 138 Å². The predicted molar refractivity (Wildman–Crippen MR) is 66.8 cm³/mol. The number of hydrogen-bond acceptors (Lipinski definition) is 8. The third-order valence-electron chi connectivity index (χ3n) is 2.62. The van der Waals surface area contributed by atoms with Gasteiger partial charge in [-0.2, -0.15) is 0 Å². The first kappa shape index (κ1) is 35.6. The van der Waals surface area contributed by atoms with Crippen molar-refractivity contribution in [2.24, 2.45) is 0 Å². The molecule has 0 fully saturated rings. The zero-order chi connectivity index (χ0) is 16.3. The molecule has 120 valence electrons. The Hall–Kier alpha value is 3.18. The van der Waals surface area contributed by atoms with Gasteiger partial charge in [0.1, 0.15) is 0 Å². The van der Waals surface area contributed by atoms with Gasteiger partial charge in [-0.1, -0.05) is 32.1 Å². The molecule has 0 unspecified atom stereocenters. The van der Waals surface area contributed by atoms with Gasteiger partial charge >= 0.3 is 118 Å². The summed E-state index contributed by atoms with van der Waals surface area (Å²) in [5, 5.41) is 4.72. The van der Waals surface area contributed by atoms with Crippen molar-refractivity contribution in [3.8, 4) is 0 Å². The smallest absolute Gasteiger partial charge is 0.810 e. The van der Waals surface area contributed by atoms with E-state index in [1.807, 2.05) is 19.9 Å². The van der Waals surface area contributed by atoms with Crippen LogP contribution in [0.5, 0.6) is 0 Å². The third kappa shape index (κ3) is 14.8. The number of nitrogens with zero attached hydrogens (tertiary/aromatic N) is 3. The molecule has 0 aliphatic carbocycles. The number of rotatable bonds is 7. The van der Waals surface area contributed by atoms with E-state index >= 15 is 0 Å². The molecule has 0 saturated heterocycles. The SMILES string of the molecule is CC(C)=CCCn1cc(CC(P(=O)([O-])[O-])P(=O)([O-])[O-])nn1.[Na+].[Na+].[Na+].[Na+]. The van der Waals surface area contributed by atoms with Gasteiger partial charge < -0.3 is 28.7 Å². The molecule has 0 N–H and O–H groups in total. The molecule has 0 aromatic carbocycles. The maximum atomic E-state index is 10.9. The minimum Gasteiger partial charge on any atom is -0.810 e. The summed E-state index contributed by atoms with van der Waals surface area (Å²) in [5.74, 6) is 0. The van der Waals surface area contributed by atoms with Gasteiger partial charge in [-0.25, -0.2) is 0 Å². The summed E-state index contributed by atoms with van der Waals surface area (Å²) >= 11 is 0. The van der Waals surface area contributed by atoms with E-state index in [0.29, 0.717) is 13.0 Å². The monoisotopic (exact) mass is 427 g/mol. The molecule has 25 heavy (non-hydrogen) atoms. The van der Waals surface area contributed by atoms with Crippen molar-refractivity contribution in [1.29, 1.82) is 0 Å². The summed E-state index contributed by atoms with van der Waals surface area (Å²) in [6.07, 6.45) is 3.16. The van der Waals surface area contributed by atoms with Gasteiger partial charge in [0.25, 0.3) is 0 Å². The molecule has 0 aliphatic rings. The molecule has 0 saturated carbocycles. The molecule has 1 heterocycles. The zero-order valence-corrected chi connectivity index (χ0v) is 25.3. The predicted octanol–water partition coefficient (Wildman–Crippen LogP) is -13.7. The van der Waals surface area contributed by atoms with Crippen molar-refractivity contribution in [1.82, 2.24) is 15.0 Å². The molecule has 1 aromatic rings. The number of hydrogen-bond donors (Lipinski definition) is 0. The summed E-state index contributed by atoms with van der Waals surface area (Å²) in [4.78, 5) is 43.5. The molecule has 0 aliphatic heterocycles. The Kier molecular flexibility index (Phi) is 22.7. The summed E-state index contributed by atoms with van der Waals surface area (Å²) in [7, 11) is -11.1. The Bertz CT molecular complexity index is 592. The molecule has 1 rings (SSSR count). The minimum absolute atomic E-state index is 0. The van der Waals surface area contributed by atoms with Crippen LogP contribution in [0.2, 0.25) is 0 Å². The van der Waals surface area contributed by atoms with Crippen molar-refractivity contribution < 1.29 is 147 Å². The molecule has 15 heteroatoms. The zero-order valence-electron chi connectivity index (χ0n) is 15.5. The van der Waals surface area contributed by atoms with Gasteiger partial charge in [-0.05, 0) is 20.3 Å². The topological polar surface area (TPSA) is 157 Å². The maximum absolute atomic E-state index is 10.9. The van der Waals surface area contributed by atoms with Crippen LogP contribution in [-0.4, -0.2) is 20.4 Å². The normalized spacial score (nSPS) is 10.7. The Morgan fingerprint density at radius 1 is 1.12 bits per heavy atom. The molecule has 0 spiro atoms. The second-order valence-electron chi connectivity index (χ2n) is 4.81. The summed E-state index contributed by atoms with van der Waals surface area (Å²) in [6.45, 7) is 4.32. The van der Waals surface area contributed by atoms with E-state index in [9.17, 15) is 28.7 Å². The first-order chi connectivity index (χ1) is 9.50. The van der Waals surface area contributed by atoms with Crippen molar-refractivity contribution >= 4 is 15.2 Å². The van der Waals surface area contributed by atoms with Crippen LogP contribution in [0.25, 0.3) is 0 Å². The Labute approximate surface area is 235 Å². The summed E-state index contributed by atoms with van der Waals surface area (Å²) in [5.41, 5.74) is 1.09. The van der Waals surface area contributed by atoms with Crippen LogP contribution in [0.3, 0.4) is 0 Å². The van der Waals surface area contributed by atoms with Gasteiger partial charge in [0.05, 0.1) is 5.69 Å². The fourth-order valence-corrected chi connectivity index (χ4v) is 3.82. The Balaban J connectivity index is -0.000000551. The minimum atomic E-state index is -5.56. The summed E-state index contributed by atoms with van der Waals surface area (Å²) in [6, 6.07) is 0. The van der Waals surface area contributed by atoms with E-state index in [1.54, 1.807) is 0 Å². The second-order valence-corrected chi connectivity index (χ2v) is 8.62. The molecular weight excluding hydrogens is 412 g/mol. The van der Waals surface area contributed by atoms with Crippen molar-refractivity contribution in [3.63, 3.8) is 0 Å². The average molecular weight is 427 g/mol. The standard InChI is InChI=1S/C10H19N3O6P2.4Na/c1-8(2)4-3-5-13-7-9(11-12-13)6-10(20(14,15)16)21(17,18)19;;;;/h4,7,10H,3,5-6H2,1-2H3,(H2,14,15,16)(H2,17,18,19);;;;/q;4*+1/p-4.